The van der Waals surface area contributed by atoms with E-state index in [4.69, 9.17) is 5.73 Å². The van der Waals surface area contributed by atoms with Gasteiger partial charge in [0.25, 0.3) is 0 Å². The van der Waals surface area contributed by atoms with E-state index in [0.717, 1.165) is 5.57 Å². The molecule has 2 aromatic heterocycles. The SMILES string of the molecule is C=C(CN)c1cc(CCCCCC)c(-c2cccs2)s1. The highest BCUT2D eigenvalue weighted by Crippen LogP contribution is 2.38. The van der Waals surface area contributed by atoms with Crippen molar-refractivity contribution in [2.75, 3.05) is 6.54 Å². The molecular weight excluding hydrogens is 282 g/mol. The molecular formula is C17H23NS2. The molecule has 0 radical (unpaired) electrons. The van der Waals surface area contributed by atoms with Gasteiger partial charge in [0, 0.05) is 21.2 Å². The lowest BCUT2D eigenvalue weighted by Crippen LogP contribution is -1.99. The third kappa shape index (κ3) is 3.81. The molecule has 0 aliphatic carbocycles. The molecule has 108 valence electrons. The van der Waals surface area contributed by atoms with Crippen molar-refractivity contribution < 1.29 is 0 Å². The van der Waals surface area contributed by atoms with E-state index in [-0.39, 0.29) is 0 Å². The summed E-state index contributed by atoms with van der Waals surface area (Å²) in [5.41, 5.74) is 8.25. The maximum Gasteiger partial charge on any atom is 0.0481 e. The van der Waals surface area contributed by atoms with Crippen LogP contribution in [0.25, 0.3) is 15.3 Å². The Morgan fingerprint density at radius 2 is 2.15 bits per heavy atom. The number of thiophene rings is 2. The van der Waals surface area contributed by atoms with Crippen LogP contribution in [-0.2, 0) is 6.42 Å². The molecule has 0 atom stereocenters. The summed E-state index contributed by atoms with van der Waals surface area (Å²) < 4.78 is 0. The number of nitrogens with two attached hydrogens (primary N) is 1. The van der Waals surface area contributed by atoms with Gasteiger partial charge in [0.2, 0.25) is 0 Å². The van der Waals surface area contributed by atoms with Crippen LogP contribution in [0.4, 0.5) is 0 Å². The van der Waals surface area contributed by atoms with Gasteiger partial charge in [0.15, 0.2) is 0 Å². The van der Waals surface area contributed by atoms with E-state index in [1.807, 2.05) is 22.7 Å². The standard InChI is InChI=1S/C17H23NS2/c1-3-4-5-6-8-14-11-16(13(2)12-18)20-17(14)15-9-7-10-19-15/h7,9-11H,2-6,8,12,18H2,1H3. The first-order valence-corrected chi connectivity index (χ1v) is 9.00. The van der Waals surface area contributed by atoms with E-state index in [1.165, 1.54) is 52.3 Å². The van der Waals surface area contributed by atoms with Crippen molar-refractivity contribution in [3.05, 3.63) is 40.6 Å². The predicted molar refractivity (Wildman–Crippen MR) is 93.6 cm³/mol. The average Bonchev–Trinajstić information content (AvgIpc) is 3.11. The van der Waals surface area contributed by atoms with Gasteiger partial charge in [-0.2, -0.15) is 0 Å². The zero-order chi connectivity index (χ0) is 14.4. The van der Waals surface area contributed by atoms with Gasteiger partial charge in [-0.15, -0.1) is 22.7 Å². The van der Waals surface area contributed by atoms with Crippen LogP contribution in [-0.4, -0.2) is 6.54 Å². The van der Waals surface area contributed by atoms with Gasteiger partial charge in [-0.25, -0.2) is 0 Å². The Hall–Kier alpha value is -0.900. The molecule has 3 heteroatoms. The third-order valence-corrected chi connectivity index (χ3v) is 5.78. The van der Waals surface area contributed by atoms with Crippen LogP contribution in [0.15, 0.2) is 30.2 Å². The Morgan fingerprint density at radius 1 is 1.30 bits per heavy atom. The van der Waals surface area contributed by atoms with Gasteiger partial charge >= 0.3 is 0 Å². The quantitative estimate of drug-likeness (QED) is 0.634. The van der Waals surface area contributed by atoms with Crippen LogP contribution >= 0.6 is 22.7 Å². The number of aryl methyl sites for hydroxylation is 1. The van der Waals surface area contributed by atoms with Gasteiger partial charge in [-0.3, -0.25) is 0 Å². The Balaban J connectivity index is 2.19. The van der Waals surface area contributed by atoms with Gasteiger partial charge < -0.3 is 5.73 Å². The average molecular weight is 306 g/mol. The van der Waals surface area contributed by atoms with Crippen molar-refractivity contribution in [2.24, 2.45) is 5.73 Å². The summed E-state index contributed by atoms with van der Waals surface area (Å²) in [6, 6.07) is 6.64. The second kappa shape index (κ2) is 7.77. The highest BCUT2D eigenvalue weighted by molar-refractivity contribution is 7.22. The molecule has 20 heavy (non-hydrogen) atoms. The fourth-order valence-electron chi connectivity index (χ4n) is 2.25. The Bertz CT molecular complexity index is 537. The Labute approximate surface area is 130 Å². The van der Waals surface area contributed by atoms with Crippen LogP contribution in [0.5, 0.6) is 0 Å². The lowest BCUT2D eigenvalue weighted by Gasteiger charge is -2.01. The Kier molecular flexibility index (Phi) is 6.02. The molecule has 2 aromatic rings. The van der Waals surface area contributed by atoms with E-state index in [9.17, 15) is 0 Å². The van der Waals surface area contributed by atoms with E-state index < -0.39 is 0 Å². The summed E-state index contributed by atoms with van der Waals surface area (Å²) in [5, 5.41) is 2.15. The summed E-state index contributed by atoms with van der Waals surface area (Å²) in [6.07, 6.45) is 6.39. The van der Waals surface area contributed by atoms with Crippen molar-refractivity contribution in [1.29, 1.82) is 0 Å². The fraction of sp³-hybridized carbons (Fsp3) is 0.412. The molecule has 0 amide bonds. The summed E-state index contributed by atoms with van der Waals surface area (Å²) in [7, 11) is 0. The van der Waals surface area contributed by atoms with E-state index in [2.05, 4.69) is 37.1 Å². The molecule has 0 aliphatic heterocycles. The first-order valence-electron chi connectivity index (χ1n) is 7.31. The molecule has 0 aliphatic rings. The summed E-state index contributed by atoms with van der Waals surface area (Å²) in [5.74, 6) is 0. The van der Waals surface area contributed by atoms with Crippen LogP contribution in [0.2, 0.25) is 0 Å². The largest absolute Gasteiger partial charge is 0.326 e. The zero-order valence-corrected chi connectivity index (χ0v) is 13.8. The predicted octanol–water partition coefficient (Wildman–Crippen LogP) is 5.57. The summed E-state index contributed by atoms with van der Waals surface area (Å²) in [6.45, 7) is 6.87. The van der Waals surface area contributed by atoms with Crippen molar-refractivity contribution in [2.45, 2.75) is 39.0 Å². The molecule has 2 heterocycles. The van der Waals surface area contributed by atoms with Crippen LogP contribution < -0.4 is 5.73 Å². The second-order valence-corrected chi connectivity index (χ2v) is 7.06. The second-order valence-electron chi connectivity index (χ2n) is 5.06. The fourth-order valence-corrected chi connectivity index (χ4v) is 4.33. The molecule has 2 rings (SSSR count). The van der Waals surface area contributed by atoms with Gasteiger partial charge in [0.1, 0.15) is 0 Å². The minimum atomic E-state index is 0.541. The summed E-state index contributed by atoms with van der Waals surface area (Å²) >= 11 is 3.66. The van der Waals surface area contributed by atoms with Gasteiger partial charge in [-0.05, 0) is 41.5 Å². The van der Waals surface area contributed by atoms with Crippen LogP contribution in [0.1, 0.15) is 43.0 Å². The lowest BCUT2D eigenvalue weighted by atomic mass is 10.1. The molecule has 0 saturated heterocycles. The van der Waals surface area contributed by atoms with E-state index >= 15 is 0 Å². The highest BCUT2D eigenvalue weighted by Gasteiger charge is 2.13. The first-order chi connectivity index (χ1) is 9.76. The van der Waals surface area contributed by atoms with Crippen molar-refractivity contribution in [1.82, 2.24) is 0 Å². The van der Waals surface area contributed by atoms with E-state index in [1.54, 1.807) is 0 Å². The number of hydrogen-bond acceptors (Lipinski definition) is 3. The maximum atomic E-state index is 5.73. The third-order valence-electron chi connectivity index (χ3n) is 3.45. The van der Waals surface area contributed by atoms with Crippen molar-refractivity contribution >= 4 is 28.2 Å². The number of rotatable bonds is 8. The molecule has 0 spiro atoms. The minimum absolute atomic E-state index is 0.541. The minimum Gasteiger partial charge on any atom is -0.326 e. The van der Waals surface area contributed by atoms with Gasteiger partial charge in [-0.1, -0.05) is 38.8 Å². The Morgan fingerprint density at radius 3 is 2.80 bits per heavy atom. The molecule has 1 nitrogen and oxygen atoms in total. The van der Waals surface area contributed by atoms with Crippen molar-refractivity contribution in [3.8, 4) is 9.75 Å². The zero-order valence-electron chi connectivity index (χ0n) is 12.2. The van der Waals surface area contributed by atoms with Gasteiger partial charge in [0.05, 0.1) is 0 Å². The highest BCUT2D eigenvalue weighted by atomic mass is 32.1. The van der Waals surface area contributed by atoms with Crippen LogP contribution in [0, 0.1) is 0 Å². The molecule has 0 unspecified atom stereocenters. The maximum absolute atomic E-state index is 5.73. The van der Waals surface area contributed by atoms with E-state index in [0.29, 0.717) is 6.54 Å². The molecule has 2 N–H and O–H groups in total. The summed E-state index contributed by atoms with van der Waals surface area (Å²) in [4.78, 5) is 4.04. The first kappa shape index (κ1) is 15.5. The van der Waals surface area contributed by atoms with Crippen LogP contribution in [0.3, 0.4) is 0 Å². The molecule has 0 aromatic carbocycles. The molecule has 0 fully saturated rings. The smallest absolute Gasteiger partial charge is 0.0481 e. The number of hydrogen-bond donors (Lipinski definition) is 1. The monoisotopic (exact) mass is 305 g/mol. The lowest BCUT2D eigenvalue weighted by molar-refractivity contribution is 0.668. The molecule has 0 saturated carbocycles. The molecule has 0 bridgehead atoms. The van der Waals surface area contributed by atoms with Crippen molar-refractivity contribution in [3.63, 3.8) is 0 Å². The normalized spacial score (nSPS) is 10.9. The topological polar surface area (TPSA) is 26.0 Å². The number of unbranched alkanes of at least 4 members (excludes halogenated alkanes) is 3.